The van der Waals surface area contributed by atoms with Crippen LogP contribution in [-0.2, 0) is 6.54 Å². The normalized spacial score (nSPS) is 18.8. The first-order chi connectivity index (χ1) is 16.4. The molecule has 0 aliphatic carbocycles. The van der Waals surface area contributed by atoms with Gasteiger partial charge in [0.1, 0.15) is 5.69 Å². The lowest BCUT2D eigenvalue weighted by Gasteiger charge is -2.43. The SMILES string of the molecule is CSc1ccccc1NC(=O)c1ccc(N2CC3CC(C2)c2cccc(=O)n2C3)c([N+](=O)[O-])c1. The number of anilines is 2. The lowest BCUT2D eigenvalue weighted by atomic mass is 9.83. The largest absolute Gasteiger partial charge is 0.365 e. The molecule has 3 aromatic rings. The number of aromatic nitrogens is 1. The molecule has 0 saturated carbocycles. The summed E-state index contributed by atoms with van der Waals surface area (Å²) in [5, 5.41) is 14.8. The van der Waals surface area contributed by atoms with Crippen LogP contribution in [0, 0.1) is 16.0 Å². The number of piperidine rings is 1. The number of nitrogens with zero attached hydrogens (tertiary/aromatic N) is 3. The maximum Gasteiger partial charge on any atom is 0.293 e. The van der Waals surface area contributed by atoms with Crippen molar-refractivity contribution in [3.63, 3.8) is 0 Å². The van der Waals surface area contributed by atoms with E-state index in [0.717, 1.165) is 17.0 Å². The second-order valence-electron chi connectivity index (χ2n) is 8.72. The average molecular weight is 477 g/mol. The summed E-state index contributed by atoms with van der Waals surface area (Å²) >= 11 is 1.51. The number of carbonyl (C=O) groups excluding carboxylic acids is 1. The summed E-state index contributed by atoms with van der Waals surface area (Å²) in [5.74, 6) is -0.0241. The predicted molar refractivity (Wildman–Crippen MR) is 133 cm³/mol. The lowest BCUT2D eigenvalue weighted by Crippen LogP contribution is -2.47. The van der Waals surface area contributed by atoms with Crippen LogP contribution in [0.25, 0.3) is 0 Å². The third-order valence-electron chi connectivity index (χ3n) is 6.61. The predicted octanol–water partition coefficient (Wildman–Crippen LogP) is 4.35. The van der Waals surface area contributed by atoms with E-state index in [0.29, 0.717) is 31.0 Å². The van der Waals surface area contributed by atoms with Crippen molar-refractivity contribution in [2.45, 2.75) is 23.8 Å². The van der Waals surface area contributed by atoms with E-state index in [1.807, 2.05) is 46.1 Å². The number of para-hydroxylation sites is 1. The van der Waals surface area contributed by atoms with E-state index < -0.39 is 4.92 Å². The Balaban J connectivity index is 1.43. The monoisotopic (exact) mass is 476 g/mol. The fraction of sp³-hybridized carbons (Fsp3) is 0.280. The van der Waals surface area contributed by atoms with Crippen molar-refractivity contribution >= 4 is 34.7 Å². The summed E-state index contributed by atoms with van der Waals surface area (Å²) in [7, 11) is 0. The van der Waals surface area contributed by atoms with Gasteiger partial charge in [-0.05, 0) is 48.9 Å². The maximum atomic E-state index is 12.9. The Morgan fingerprint density at radius 2 is 1.91 bits per heavy atom. The Kier molecular flexibility index (Phi) is 5.87. The standard InChI is InChI=1S/C25H24N4O4S/c1-34-23-7-3-2-5-19(23)26-25(31)17-9-10-21(22(12-17)29(32)33)27-13-16-11-18(15-27)20-6-4-8-24(30)28(20)14-16/h2-10,12,16,18H,11,13-15H2,1H3,(H,26,31). The van der Waals surface area contributed by atoms with Gasteiger partial charge in [-0.1, -0.05) is 18.2 Å². The molecule has 1 amide bonds. The van der Waals surface area contributed by atoms with Crippen LogP contribution in [0.3, 0.4) is 0 Å². The molecule has 1 aromatic heterocycles. The highest BCUT2D eigenvalue weighted by Gasteiger charge is 2.36. The van der Waals surface area contributed by atoms with Crippen LogP contribution < -0.4 is 15.8 Å². The van der Waals surface area contributed by atoms with E-state index in [-0.39, 0.29) is 34.6 Å². The Bertz CT molecular complexity index is 1340. The van der Waals surface area contributed by atoms with Crippen molar-refractivity contribution in [1.82, 2.24) is 4.57 Å². The molecule has 1 saturated heterocycles. The molecule has 1 N–H and O–H groups in total. The van der Waals surface area contributed by atoms with Crippen molar-refractivity contribution in [2.24, 2.45) is 5.92 Å². The van der Waals surface area contributed by atoms with Crippen LogP contribution in [0.5, 0.6) is 0 Å². The van der Waals surface area contributed by atoms with Crippen molar-refractivity contribution in [3.8, 4) is 0 Å². The molecule has 174 valence electrons. The van der Waals surface area contributed by atoms with Crippen LogP contribution in [0.1, 0.15) is 28.4 Å². The van der Waals surface area contributed by atoms with Crippen LogP contribution in [0.15, 0.2) is 70.4 Å². The van der Waals surface area contributed by atoms with E-state index in [1.165, 1.54) is 17.8 Å². The van der Waals surface area contributed by atoms with Crippen LogP contribution in [0.4, 0.5) is 17.1 Å². The Morgan fingerprint density at radius 3 is 2.71 bits per heavy atom. The molecule has 9 heteroatoms. The van der Waals surface area contributed by atoms with E-state index in [9.17, 15) is 19.7 Å². The van der Waals surface area contributed by atoms with Crippen molar-refractivity contribution < 1.29 is 9.72 Å². The zero-order valence-corrected chi connectivity index (χ0v) is 19.5. The van der Waals surface area contributed by atoms with Gasteiger partial charge in [-0.15, -0.1) is 11.8 Å². The summed E-state index contributed by atoms with van der Waals surface area (Å²) in [6, 6.07) is 17.4. The summed E-state index contributed by atoms with van der Waals surface area (Å²) < 4.78 is 1.84. The molecule has 2 atom stereocenters. The molecule has 2 aliphatic rings. The Morgan fingerprint density at radius 1 is 1.09 bits per heavy atom. The third-order valence-corrected chi connectivity index (χ3v) is 7.41. The average Bonchev–Trinajstić information content (AvgIpc) is 2.84. The molecule has 0 radical (unpaired) electrons. The van der Waals surface area contributed by atoms with Crippen molar-refractivity contribution in [2.75, 3.05) is 29.6 Å². The summed E-state index contributed by atoms with van der Waals surface area (Å²) in [6.45, 7) is 1.84. The first-order valence-electron chi connectivity index (χ1n) is 11.1. The van der Waals surface area contributed by atoms with Gasteiger partial charge in [0, 0.05) is 53.8 Å². The minimum atomic E-state index is -0.426. The molecule has 3 heterocycles. The van der Waals surface area contributed by atoms with E-state index in [2.05, 4.69) is 5.32 Å². The van der Waals surface area contributed by atoms with E-state index in [4.69, 9.17) is 0 Å². The van der Waals surface area contributed by atoms with Crippen LogP contribution in [0.2, 0.25) is 0 Å². The van der Waals surface area contributed by atoms with Crippen LogP contribution >= 0.6 is 11.8 Å². The summed E-state index contributed by atoms with van der Waals surface area (Å²) in [5.41, 5.74) is 2.32. The molecule has 5 rings (SSSR count). The first-order valence-corrected chi connectivity index (χ1v) is 12.3. The number of thioether (sulfide) groups is 1. The van der Waals surface area contributed by atoms with Gasteiger partial charge in [0.2, 0.25) is 0 Å². The minimum absolute atomic E-state index is 0.00467. The van der Waals surface area contributed by atoms with E-state index >= 15 is 0 Å². The molecule has 2 aromatic carbocycles. The highest BCUT2D eigenvalue weighted by Crippen LogP contribution is 2.40. The highest BCUT2D eigenvalue weighted by molar-refractivity contribution is 7.98. The molecule has 2 bridgehead atoms. The summed E-state index contributed by atoms with van der Waals surface area (Å²) in [6.07, 6.45) is 2.89. The number of benzene rings is 2. The van der Waals surface area contributed by atoms with Gasteiger partial charge in [0.05, 0.1) is 10.6 Å². The lowest BCUT2D eigenvalue weighted by molar-refractivity contribution is -0.384. The molecular formula is C25H24N4O4S. The van der Waals surface area contributed by atoms with Gasteiger partial charge in [-0.3, -0.25) is 19.7 Å². The smallest absolute Gasteiger partial charge is 0.293 e. The van der Waals surface area contributed by atoms with Crippen molar-refractivity contribution in [1.29, 1.82) is 0 Å². The van der Waals surface area contributed by atoms with Crippen LogP contribution in [-0.4, -0.2) is 34.7 Å². The minimum Gasteiger partial charge on any atom is -0.365 e. The van der Waals surface area contributed by atoms with Gasteiger partial charge < -0.3 is 14.8 Å². The molecule has 34 heavy (non-hydrogen) atoms. The number of nitrogens with one attached hydrogen (secondary N) is 1. The zero-order valence-electron chi connectivity index (χ0n) is 18.6. The molecule has 0 spiro atoms. The molecule has 8 nitrogen and oxygen atoms in total. The second kappa shape index (κ2) is 8.98. The number of hydrogen-bond acceptors (Lipinski definition) is 6. The topological polar surface area (TPSA) is 97.5 Å². The zero-order chi connectivity index (χ0) is 23.8. The highest BCUT2D eigenvalue weighted by atomic mass is 32.2. The summed E-state index contributed by atoms with van der Waals surface area (Å²) in [4.78, 5) is 39.7. The first kappa shape index (κ1) is 22.2. The quantitative estimate of drug-likeness (QED) is 0.334. The molecular weight excluding hydrogens is 452 g/mol. The number of carbonyl (C=O) groups is 1. The van der Waals surface area contributed by atoms with E-state index in [1.54, 1.807) is 24.3 Å². The second-order valence-corrected chi connectivity index (χ2v) is 9.57. The van der Waals surface area contributed by atoms with Gasteiger partial charge >= 0.3 is 0 Å². The Hall–Kier alpha value is -3.59. The Labute approximate surface area is 200 Å². The number of rotatable bonds is 5. The molecule has 1 fully saturated rings. The number of nitro benzene ring substituents is 1. The van der Waals surface area contributed by atoms with Gasteiger partial charge in [0.25, 0.3) is 17.2 Å². The number of pyridine rings is 1. The number of nitro groups is 1. The number of hydrogen-bond donors (Lipinski definition) is 1. The number of fused-ring (bicyclic) bond motifs is 4. The van der Waals surface area contributed by atoms with Gasteiger partial charge in [0.15, 0.2) is 0 Å². The fourth-order valence-electron chi connectivity index (χ4n) is 5.11. The fourth-order valence-corrected chi connectivity index (χ4v) is 5.67. The third kappa shape index (κ3) is 4.07. The van der Waals surface area contributed by atoms with Gasteiger partial charge in [-0.2, -0.15) is 0 Å². The number of amides is 1. The van der Waals surface area contributed by atoms with Crippen molar-refractivity contribution in [3.05, 3.63) is 92.4 Å². The molecule has 2 unspecified atom stereocenters. The molecule has 2 aliphatic heterocycles. The maximum absolute atomic E-state index is 12.9. The van der Waals surface area contributed by atoms with Gasteiger partial charge in [-0.25, -0.2) is 0 Å².